The van der Waals surface area contributed by atoms with Crippen molar-refractivity contribution in [2.45, 2.75) is 33.2 Å². The van der Waals surface area contributed by atoms with Crippen LogP contribution in [0.15, 0.2) is 30.6 Å². The zero-order valence-corrected chi connectivity index (χ0v) is 9.85. The Hall–Kier alpha value is -1.64. The minimum absolute atomic E-state index is 0.973. The Bertz CT molecular complexity index is 460. The SMILES string of the molecule is CCCn1cnnc1-c1ccccc1CC. The third kappa shape index (κ3) is 1.98. The van der Waals surface area contributed by atoms with Gasteiger partial charge in [0.05, 0.1) is 0 Å². The van der Waals surface area contributed by atoms with Gasteiger partial charge in [0.15, 0.2) is 5.82 Å². The van der Waals surface area contributed by atoms with Crippen LogP contribution in [0.25, 0.3) is 11.4 Å². The molecule has 0 bridgehead atoms. The summed E-state index contributed by atoms with van der Waals surface area (Å²) in [5.74, 6) is 0.985. The Kier molecular flexibility index (Phi) is 3.34. The summed E-state index contributed by atoms with van der Waals surface area (Å²) < 4.78 is 2.12. The molecule has 3 heteroatoms. The normalized spacial score (nSPS) is 10.6. The maximum atomic E-state index is 4.23. The number of aromatic nitrogens is 3. The van der Waals surface area contributed by atoms with E-state index in [1.54, 1.807) is 0 Å². The molecule has 0 unspecified atom stereocenters. The Morgan fingerprint density at radius 3 is 2.75 bits per heavy atom. The van der Waals surface area contributed by atoms with Crippen LogP contribution in [-0.4, -0.2) is 14.8 Å². The first-order valence-electron chi connectivity index (χ1n) is 5.82. The number of hydrogen-bond acceptors (Lipinski definition) is 2. The Morgan fingerprint density at radius 1 is 1.19 bits per heavy atom. The van der Waals surface area contributed by atoms with Crippen molar-refractivity contribution in [1.82, 2.24) is 14.8 Å². The average Bonchev–Trinajstić information content (AvgIpc) is 2.77. The Labute approximate surface area is 96.1 Å². The molecule has 2 aromatic rings. The van der Waals surface area contributed by atoms with Gasteiger partial charge in [-0.05, 0) is 18.4 Å². The van der Waals surface area contributed by atoms with Crippen molar-refractivity contribution >= 4 is 0 Å². The molecule has 84 valence electrons. The number of rotatable bonds is 4. The van der Waals surface area contributed by atoms with Gasteiger partial charge in [-0.1, -0.05) is 38.1 Å². The van der Waals surface area contributed by atoms with E-state index in [9.17, 15) is 0 Å². The monoisotopic (exact) mass is 215 g/mol. The summed E-state index contributed by atoms with van der Waals surface area (Å²) in [6.45, 7) is 5.30. The van der Waals surface area contributed by atoms with Crippen LogP contribution in [0.4, 0.5) is 0 Å². The van der Waals surface area contributed by atoms with Crippen LogP contribution in [0.5, 0.6) is 0 Å². The Morgan fingerprint density at radius 2 is 2.00 bits per heavy atom. The maximum absolute atomic E-state index is 4.23. The fourth-order valence-corrected chi connectivity index (χ4v) is 1.91. The average molecular weight is 215 g/mol. The molecular weight excluding hydrogens is 198 g/mol. The van der Waals surface area contributed by atoms with Crippen molar-refractivity contribution in [1.29, 1.82) is 0 Å². The molecule has 1 aromatic heterocycles. The predicted octanol–water partition coefficient (Wildman–Crippen LogP) is 2.92. The molecular formula is C13H17N3. The zero-order chi connectivity index (χ0) is 11.4. The highest BCUT2D eigenvalue weighted by Gasteiger charge is 2.09. The number of aryl methyl sites for hydroxylation is 2. The molecule has 3 nitrogen and oxygen atoms in total. The summed E-state index contributed by atoms with van der Waals surface area (Å²) in [6, 6.07) is 8.40. The van der Waals surface area contributed by atoms with Gasteiger partial charge in [0, 0.05) is 12.1 Å². The fraction of sp³-hybridized carbons (Fsp3) is 0.385. The van der Waals surface area contributed by atoms with Crippen LogP contribution in [-0.2, 0) is 13.0 Å². The molecule has 0 atom stereocenters. The van der Waals surface area contributed by atoms with Crippen molar-refractivity contribution in [2.24, 2.45) is 0 Å². The van der Waals surface area contributed by atoms with Crippen LogP contribution in [0, 0.1) is 0 Å². The summed E-state index contributed by atoms with van der Waals surface area (Å²) in [7, 11) is 0. The molecule has 0 saturated carbocycles. The van der Waals surface area contributed by atoms with Crippen LogP contribution >= 0.6 is 0 Å². The molecule has 0 N–H and O–H groups in total. The van der Waals surface area contributed by atoms with Gasteiger partial charge in [-0.25, -0.2) is 0 Å². The van der Waals surface area contributed by atoms with Crippen molar-refractivity contribution < 1.29 is 0 Å². The predicted molar refractivity (Wildman–Crippen MR) is 65.1 cm³/mol. The first-order valence-corrected chi connectivity index (χ1v) is 5.82. The van der Waals surface area contributed by atoms with Gasteiger partial charge in [-0.2, -0.15) is 0 Å². The van der Waals surface area contributed by atoms with Crippen molar-refractivity contribution in [2.75, 3.05) is 0 Å². The highest BCUT2D eigenvalue weighted by Crippen LogP contribution is 2.21. The van der Waals surface area contributed by atoms with Crippen molar-refractivity contribution in [3.05, 3.63) is 36.2 Å². The van der Waals surface area contributed by atoms with E-state index in [0.29, 0.717) is 0 Å². The van der Waals surface area contributed by atoms with Crippen LogP contribution in [0.3, 0.4) is 0 Å². The number of hydrogen-bond donors (Lipinski definition) is 0. The second kappa shape index (κ2) is 4.92. The molecule has 2 rings (SSSR count). The third-order valence-electron chi connectivity index (χ3n) is 2.72. The maximum Gasteiger partial charge on any atom is 0.164 e. The first-order chi connectivity index (χ1) is 7.86. The van der Waals surface area contributed by atoms with Gasteiger partial charge in [0.2, 0.25) is 0 Å². The second-order valence-electron chi connectivity index (χ2n) is 3.86. The third-order valence-corrected chi connectivity index (χ3v) is 2.72. The lowest BCUT2D eigenvalue weighted by molar-refractivity contribution is 0.682. The van der Waals surface area contributed by atoms with Crippen LogP contribution in [0.1, 0.15) is 25.8 Å². The largest absolute Gasteiger partial charge is 0.314 e. The molecule has 0 aliphatic heterocycles. The van der Waals surface area contributed by atoms with E-state index < -0.39 is 0 Å². The highest BCUT2D eigenvalue weighted by atomic mass is 15.3. The molecule has 1 aromatic carbocycles. The molecule has 0 spiro atoms. The molecule has 0 amide bonds. The van der Waals surface area contributed by atoms with E-state index in [4.69, 9.17) is 0 Å². The van der Waals surface area contributed by atoms with Crippen LogP contribution < -0.4 is 0 Å². The van der Waals surface area contributed by atoms with Gasteiger partial charge in [-0.15, -0.1) is 10.2 Å². The summed E-state index contributed by atoms with van der Waals surface area (Å²) in [5.41, 5.74) is 2.53. The Balaban J connectivity index is 2.45. The minimum atomic E-state index is 0.973. The smallest absolute Gasteiger partial charge is 0.164 e. The van der Waals surface area contributed by atoms with E-state index >= 15 is 0 Å². The molecule has 0 fully saturated rings. The van der Waals surface area contributed by atoms with Crippen molar-refractivity contribution in [3.63, 3.8) is 0 Å². The molecule has 16 heavy (non-hydrogen) atoms. The van der Waals surface area contributed by atoms with Crippen molar-refractivity contribution in [3.8, 4) is 11.4 Å². The standard InChI is InChI=1S/C13H17N3/c1-3-9-16-10-14-15-13(16)12-8-6-5-7-11(12)4-2/h5-8,10H,3-4,9H2,1-2H3. The number of benzene rings is 1. The van der Waals surface area contributed by atoms with E-state index in [-0.39, 0.29) is 0 Å². The lowest BCUT2D eigenvalue weighted by Gasteiger charge is -2.08. The van der Waals surface area contributed by atoms with Gasteiger partial charge in [0.25, 0.3) is 0 Å². The van der Waals surface area contributed by atoms with E-state index in [1.807, 2.05) is 6.33 Å². The highest BCUT2D eigenvalue weighted by molar-refractivity contribution is 5.60. The fourth-order valence-electron chi connectivity index (χ4n) is 1.91. The summed E-state index contributed by atoms with van der Waals surface area (Å²) in [5, 5.41) is 8.23. The molecule has 0 aliphatic carbocycles. The van der Waals surface area contributed by atoms with Gasteiger partial charge in [-0.3, -0.25) is 0 Å². The lowest BCUT2D eigenvalue weighted by Crippen LogP contribution is -2.00. The zero-order valence-electron chi connectivity index (χ0n) is 9.85. The minimum Gasteiger partial charge on any atom is -0.314 e. The number of nitrogens with zero attached hydrogens (tertiary/aromatic N) is 3. The first kappa shape index (κ1) is 10.9. The van der Waals surface area contributed by atoms with Gasteiger partial charge in [0.1, 0.15) is 6.33 Å². The van der Waals surface area contributed by atoms with Gasteiger partial charge >= 0.3 is 0 Å². The molecule has 0 radical (unpaired) electrons. The summed E-state index contributed by atoms with van der Waals surface area (Å²) >= 11 is 0. The van der Waals surface area contributed by atoms with Crippen LogP contribution in [0.2, 0.25) is 0 Å². The topological polar surface area (TPSA) is 30.7 Å². The molecule has 1 heterocycles. The summed E-state index contributed by atoms with van der Waals surface area (Å²) in [4.78, 5) is 0. The lowest BCUT2D eigenvalue weighted by atomic mass is 10.0. The molecule has 0 saturated heterocycles. The van der Waals surface area contributed by atoms with Gasteiger partial charge < -0.3 is 4.57 Å². The van der Waals surface area contributed by atoms with E-state index in [1.165, 1.54) is 11.1 Å². The van der Waals surface area contributed by atoms with E-state index in [2.05, 4.69) is 52.9 Å². The summed E-state index contributed by atoms with van der Waals surface area (Å²) in [6.07, 6.45) is 3.93. The molecule has 0 aliphatic rings. The quantitative estimate of drug-likeness (QED) is 0.785. The second-order valence-corrected chi connectivity index (χ2v) is 3.86. The van der Waals surface area contributed by atoms with E-state index in [0.717, 1.165) is 25.2 Å².